The summed E-state index contributed by atoms with van der Waals surface area (Å²) in [6.07, 6.45) is 0. The zero-order valence-electron chi connectivity index (χ0n) is 26.0. The van der Waals surface area contributed by atoms with Crippen LogP contribution < -0.4 is 29.9 Å². The molecule has 0 aliphatic carbocycles. The Morgan fingerprint density at radius 2 is 0.857 bits per heavy atom. The van der Waals surface area contributed by atoms with Crippen molar-refractivity contribution in [2.45, 2.75) is 63.4 Å². The van der Waals surface area contributed by atoms with Gasteiger partial charge in [-0.3, -0.25) is 0 Å². The Morgan fingerprint density at radius 1 is 0.500 bits per heavy atom. The fraction of sp³-hybridized carbons (Fsp3) is 0.333. The molecular formula is C36H42N2O2P2. The van der Waals surface area contributed by atoms with Crippen LogP contribution in [0.25, 0.3) is 0 Å². The van der Waals surface area contributed by atoms with Crippen molar-refractivity contribution in [1.82, 2.24) is 0 Å². The van der Waals surface area contributed by atoms with Crippen LogP contribution in [0.5, 0.6) is 11.5 Å². The second-order valence-electron chi connectivity index (χ2n) is 13.0. The summed E-state index contributed by atoms with van der Waals surface area (Å²) in [5, 5.41) is 2.78. The van der Waals surface area contributed by atoms with Crippen LogP contribution in [-0.4, -0.2) is 36.1 Å². The molecule has 218 valence electrons. The number of ether oxygens (including phenoxy) is 2. The van der Waals surface area contributed by atoms with Crippen molar-refractivity contribution in [1.29, 1.82) is 0 Å². The lowest BCUT2D eigenvalue weighted by Crippen LogP contribution is -2.47. The van der Waals surface area contributed by atoms with Gasteiger partial charge in [0.25, 0.3) is 0 Å². The van der Waals surface area contributed by atoms with Crippen molar-refractivity contribution in [3.05, 3.63) is 97.1 Å². The van der Waals surface area contributed by atoms with Crippen molar-refractivity contribution < 1.29 is 9.47 Å². The first kappa shape index (κ1) is 29.0. The van der Waals surface area contributed by atoms with Gasteiger partial charge in [-0.2, -0.15) is 0 Å². The molecule has 0 saturated heterocycles. The summed E-state index contributed by atoms with van der Waals surface area (Å²) in [5.41, 5.74) is 5.00. The number of para-hydroxylation sites is 2. The third kappa shape index (κ3) is 4.68. The summed E-state index contributed by atoms with van der Waals surface area (Å²) in [4.78, 5) is 5.32. The summed E-state index contributed by atoms with van der Waals surface area (Å²) < 4.78 is 12.3. The fourth-order valence-corrected chi connectivity index (χ4v) is 14.5. The van der Waals surface area contributed by atoms with E-state index >= 15 is 0 Å². The largest absolute Gasteiger partial charge is 0.496 e. The topological polar surface area (TPSA) is 24.9 Å². The molecule has 0 spiro atoms. The molecule has 4 aromatic carbocycles. The molecule has 0 fully saturated rings. The zero-order valence-corrected chi connectivity index (χ0v) is 27.8. The normalized spacial score (nSPS) is 21.7. The van der Waals surface area contributed by atoms with Gasteiger partial charge in [0.1, 0.15) is 11.5 Å². The predicted molar refractivity (Wildman–Crippen MR) is 183 cm³/mol. The molecule has 4 unspecified atom stereocenters. The van der Waals surface area contributed by atoms with E-state index in [1.54, 1.807) is 0 Å². The number of rotatable bonds is 5. The lowest BCUT2D eigenvalue weighted by atomic mass is 10.2. The standard InChI is InChI=1S/C36H42N2O2P2/c1-35(2,3)41-31-27(21-15-23-29(31)39-7)37(25-17-11-9-12-18-25)33(41)34-38(26-19-13-10-14-20-26)28-22-16-24-30(40-8)32(28)42(34)36(4,5)6/h9-24,33-34H,1-8H3. The number of fused-ring (bicyclic) bond motifs is 2. The third-order valence-electron chi connectivity index (χ3n) is 8.24. The van der Waals surface area contributed by atoms with E-state index in [9.17, 15) is 0 Å². The van der Waals surface area contributed by atoms with Crippen molar-refractivity contribution in [3.8, 4) is 11.5 Å². The van der Waals surface area contributed by atoms with Crippen LogP contribution >= 0.6 is 15.8 Å². The molecule has 4 aromatic rings. The first-order chi connectivity index (χ1) is 20.1. The minimum atomic E-state index is -0.739. The van der Waals surface area contributed by atoms with E-state index < -0.39 is 15.8 Å². The van der Waals surface area contributed by atoms with E-state index in [4.69, 9.17) is 9.47 Å². The zero-order chi connectivity index (χ0) is 29.8. The van der Waals surface area contributed by atoms with Crippen LogP contribution in [0.3, 0.4) is 0 Å². The van der Waals surface area contributed by atoms with Gasteiger partial charge in [-0.1, -0.05) is 90.1 Å². The van der Waals surface area contributed by atoms with Gasteiger partial charge in [-0.05, 0) is 74.7 Å². The predicted octanol–water partition coefficient (Wildman–Crippen LogP) is 9.17. The average molecular weight is 597 g/mol. The summed E-state index contributed by atoms with van der Waals surface area (Å²) in [6.45, 7) is 14.5. The summed E-state index contributed by atoms with van der Waals surface area (Å²) in [6, 6.07) is 35.2. The highest BCUT2D eigenvalue weighted by Crippen LogP contribution is 2.73. The van der Waals surface area contributed by atoms with Crippen LogP contribution in [0.4, 0.5) is 22.7 Å². The van der Waals surface area contributed by atoms with Crippen LogP contribution in [0.1, 0.15) is 41.5 Å². The van der Waals surface area contributed by atoms with E-state index in [2.05, 4.69) is 148 Å². The molecule has 0 bridgehead atoms. The minimum Gasteiger partial charge on any atom is -0.496 e. The Labute approximate surface area is 254 Å². The van der Waals surface area contributed by atoms with Crippen molar-refractivity contribution in [3.63, 3.8) is 0 Å². The molecule has 6 rings (SSSR count). The lowest BCUT2D eigenvalue weighted by molar-refractivity contribution is 0.418. The first-order valence-corrected chi connectivity index (χ1v) is 17.5. The van der Waals surface area contributed by atoms with Crippen LogP contribution in [0, 0.1) is 0 Å². The number of methoxy groups -OCH3 is 2. The molecule has 0 radical (unpaired) electrons. The van der Waals surface area contributed by atoms with E-state index in [-0.39, 0.29) is 21.9 Å². The summed E-state index contributed by atoms with van der Waals surface area (Å²) in [7, 11) is 2.16. The molecule has 2 heterocycles. The maximum Gasteiger partial charge on any atom is 0.128 e. The van der Waals surface area contributed by atoms with Gasteiger partial charge in [0.15, 0.2) is 0 Å². The Kier molecular flexibility index (Phi) is 7.53. The highest BCUT2D eigenvalue weighted by molar-refractivity contribution is 7.73. The number of anilines is 4. The summed E-state index contributed by atoms with van der Waals surface area (Å²) in [5.74, 6) is 2.38. The third-order valence-corrected chi connectivity index (χ3v) is 15.3. The second-order valence-corrected chi connectivity index (χ2v) is 19.1. The number of benzene rings is 4. The minimum absolute atomic E-state index is 0.0209. The highest BCUT2D eigenvalue weighted by Gasteiger charge is 2.58. The molecular weight excluding hydrogens is 554 g/mol. The van der Waals surface area contributed by atoms with Crippen LogP contribution in [-0.2, 0) is 0 Å². The van der Waals surface area contributed by atoms with Gasteiger partial charge >= 0.3 is 0 Å². The van der Waals surface area contributed by atoms with Crippen LogP contribution in [0.2, 0.25) is 0 Å². The van der Waals surface area contributed by atoms with E-state index in [1.165, 1.54) is 33.4 Å². The molecule has 2 aliphatic heterocycles. The van der Waals surface area contributed by atoms with Gasteiger partial charge in [0.2, 0.25) is 0 Å². The molecule has 0 amide bonds. The number of hydrogen-bond donors (Lipinski definition) is 0. The van der Waals surface area contributed by atoms with E-state index in [0.29, 0.717) is 0 Å². The smallest absolute Gasteiger partial charge is 0.128 e. The highest BCUT2D eigenvalue weighted by atomic mass is 31.1. The van der Waals surface area contributed by atoms with Gasteiger partial charge in [0, 0.05) is 22.0 Å². The molecule has 0 aromatic heterocycles. The summed E-state index contributed by atoms with van der Waals surface area (Å²) >= 11 is 0. The Morgan fingerprint density at radius 3 is 1.17 bits per heavy atom. The molecule has 4 atom stereocenters. The Bertz CT molecular complexity index is 1440. The molecule has 42 heavy (non-hydrogen) atoms. The maximum absolute atomic E-state index is 6.14. The number of nitrogens with zero attached hydrogens (tertiary/aromatic N) is 2. The monoisotopic (exact) mass is 596 g/mol. The molecule has 2 aliphatic rings. The first-order valence-electron chi connectivity index (χ1n) is 14.7. The van der Waals surface area contributed by atoms with Crippen LogP contribution in [0.15, 0.2) is 97.1 Å². The number of hydrogen-bond acceptors (Lipinski definition) is 4. The average Bonchev–Trinajstić information content (AvgIpc) is 3.51. The molecule has 6 heteroatoms. The fourth-order valence-electron chi connectivity index (χ4n) is 6.76. The molecule has 4 nitrogen and oxygen atoms in total. The van der Waals surface area contributed by atoms with Gasteiger partial charge < -0.3 is 19.3 Å². The van der Waals surface area contributed by atoms with Crippen molar-refractivity contribution in [2.24, 2.45) is 0 Å². The Hall–Kier alpha value is -3.06. The maximum atomic E-state index is 6.14. The van der Waals surface area contributed by atoms with E-state index in [0.717, 1.165) is 11.5 Å². The quantitative estimate of drug-likeness (QED) is 0.215. The molecule has 0 N–H and O–H groups in total. The SMILES string of the molecule is COc1cccc2c1P(C(C)(C)C)C(C1N(c3ccccc3)c3cccc(OC)c3P1C(C)(C)C)N2c1ccccc1. The van der Waals surface area contributed by atoms with Gasteiger partial charge in [0.05, 0.1) is 37.2 Å². The second kappa shape index (κ2) is 10.9. The molecule has 0 saturated carbocycles. The Balaban J connectivity index is 1.71. The van der Waals surface area contributed by atoms with Crippen molar-refractivity contribution >= 4 is 49.2 Å². The van der Waals surface area contributed by atoms with Crippen molar-refractivity contribution in [2.75, 3.05) is 24.0 Å². The van der Waals surface area contributed by atoms with E-state index in [1.807, 2.05) is 14.2 Å². The lowest BCUT2D eigenvalue weighted by Gasteiger charge is -2.47. The van der Waals surface area contributed by atoms with Gasteiger partial charge in [-0.25, -0.2) is 0 Å². The van der Waals surface area contributed by atoms with Gasteiger partial charge in [-0.15, -0.1) is 0 Å².